The zero-order valence-electron chi connectivity index (χ0n) is 12.5. The van der Waals surface area contributed by atoms with Crippen LogP contribution >= 0.6 is 12.2 Å². The second kappa shape index (κ2) is 7.10. The van der Waals surface area contributed by atoms with E-state index in [1.165, 1.54) is 16.5 Å². The molecule has 0 aliphatic carbocycles. The molecule has 0 spiro atoms. The van der Waals surface area contributed by atoms with E-state index in [1.54, 1.807) is 12.1 Å². The van der Waals surface area contributed by atoms with Crippen LogP contribution in [0.4, 0.5) is 20.6 Å². The van der Waals surface area contributed by atoms with Gasteiger partial charge in [0.25, 0.3) is 0 Å². The molecular formula is C15H18FN3O3S. The summed E-state index contributed by atoms with van der Waals surface area (Å²) in [5, 5.41) is 2.84. The predicted octanol–water partition coefficient (Wildman–Crippen LogP) is 1.53. The van der Waals surface area contributed by atoms with Gasteiger partial charge < -0.3 is 19.7 Å². The highest BCUT2D eigenvalue weighted by atomic mass is 32.1. The molecule has 1 atom stereocenters. The van der Waals surface area contributed by atoms with Crippen LogP contribution in [-0.2, 0) is 9.47 Å². The van der Waals surface area contributed by atoms with Crippen LogP contribution in [0.1, 0.15) is 0 Å². The molecular weight excluding hydrogens is 321 g/mol. The third kappa shape index (κ3) is 3.53. The lowest BCUT2D eigenvalue weighted by Gasteiger charge is -2.29. The number of thiocarbonyl (C=S) groups is 1. The number of anilines is 2. The molecule has 3 rings (SSSR count). The van der Waals surface area contributed by atoms with Crippen molar-refractivity contribution in [1.82, 2.24) is 5.32 Å². The Hall–Kier alpha value is -1.93. The molecule has 1 aromatic carbocycles. The largest absolute Gasteiger partial charge is 0.442 e. The molecule has 2 aliphatic rings. The topological polar surface area (TPSA) is 54.0 Å². The van der Waals surface area contributed by atoms with Crippen LogP contribution in [0.5, 0.6) is 0 Å². The van der Waals surface area contributed by atoms with Gasteiger partial charge in [-0.1, -0.05) is 12.2 Å². The Balaban J connectivity index is 1.72. The number of cyclic esters (lactones) is 1. The van der Waals surface area contributed by atoms with Gasteiger partial charge in [-0.15, -0.1) is 0 Å². The lowest BCUT2D eigenvalue weighted by Crippen LogP contribution is -2.36. The quantitative estimate of drug-likeness (QED) is 0.821. The Kier molecular flexibility index (Phi) is 4.92. The first-order valence-corrected chi connectivity index (χ1v) is 7.93. The second-order valence-corrected chi connectivity index (χ2v) is 5.61. The summed E-state index contributed by atoms with van der Waals surface area (Å²) in [6.45, 7) is 3.31. The first-order valence-electron chi connectivity index (χ1n) is 7.46. The lowest BCUT2D eigenvalue weighted by atomic mass is 10.2. The lowest BCUT2D eigenvalue weighted by molar-refractivity contribution is 0.122. The van der Waals surface area contributed by atoms with Gasteiger partial charge in [0.2, 0.25) is 0 Å². The maximum absolute atomic E-state index is 14.4. The number of nitrogens with one attached hydrogen (secondary N) is 1. The van der Waals surface area contributed by atoms with E-state index in [0.29, 0.717) is 50.8 Å². The van der Waals surface area contributed by atoms with Gasteiger partial charge >= 0.3 is 6.09 Å². The molecule has 1 aromatic rings. The van der Waals surface area contributed by atoms with Crippen LogP contribution in [0.25, 0.3) is 0 Å². The van der Waals surface area contributed by atoms with Gasteiger partial charge in [-0.3, -0.25) is 4.90 Å². The maximum atomic E-state index is 14.4. The van der Waals surface area contributed by atoms with Crippen LogP contribution in [0.3, 0.4) is 0 Å². The van der Waals surface area contributed by atoms with E-state index in [2.05, 4.69) is 17.5 Å². The number of hydrogen-bond donors (Lipinski definition) is 1. The van der Waals surface area contributed by atoms with Gasteiger partial charge in [0.15, 0.2) is 0 Å². The van der Waals surface area contributed by atoms with Crippen molar-refractivity contribution >= 4 is 35.2 Å². The Morgan fingerprint density at radius 2 is 2.17 bits per heavy atom. The standard InChI is InChI=1S/C15H18FN3O3S/c16-13-7-11(1-2-14(13)18-3-5-21-6-4-18)19-9-12(8-17-10-23)22-15(19)20/h1-2,7,10,12H,3-6,8-9H2,(H,17,23)/t12-/m0/s1. The summed E-state index contributed by atoms with van der Waals surface area (Å²) < 4.78 is 24.9. The molecule has 1 N–H and O–H groups in total. The molecule has 8 heteroatoms. The first-order chi connectivity index (χ1) is 11.2. The fourth-order valence-electron chi connectivity index (χ4n) is 2.74. The normalized spacial score (nSPS) is 21.3. The van der Waals surface area contributed by atoms with Crippen molar-refractivity contribution < 1.29 is 18.7 Å². The van der Waals surface area contributed by atoms with Crippen LogP contribution in [-0.4, -0.2) is 57.1 Å². The van der Waals surface area contributed by atoms with Crippen LogP contribution in [0.15, 0.2) is 18.2 Å². The van der Waals surface area contributed by atoms with E-state index in [4.69, 9.17) is 9.47 Å². The molecule has 0 radical (unpaired) electrons. The molecule has 0 aromatic heterocycles. The van der Waals surface area contributed by atoms with Crippen LogP contribution < -0.4 is 15.1 Å². The number of hydrogen-bond acceptors (Lipinski definition) is 5. The summed E-state index contributed by atoms with van der Waals surface area (Å²) in [5.41, 5.74) is 2.41. The number of ether oxygens (including phenoxy) is 2. The molecule has 0 bridgehead atoms. The average Bonchev–Trinajstić information content (AvgIpc) is 2.94. The minimum atomic E-state index is -0.473. The molecule has 0 saturated carbocycles. The van der Waals surface area contributed by atoms with Crippen molar-refractivity contribution in [2.45, 2.75) is 6.10 Å². The minimum absolute atomic E-state index is 0.302. The predicted molar refractivity (Wildman–Crippen MR) is 88.7 cm³/mol. The molecule has 23 heavy (non-hydrogen) atoms. The number of morpholine rings is 1. The fraction of sp³-hybridized carbons (Fsp3) is 0.467. The molecule has 124 valence electrons. The van der Waals surface area contributed by atoms with Crippen molar-refractivity contribution in [2.24, 2.45) is 0 Å². The fourth-order valence-corrected chi connectivity index (χ4v) is 2.84. The van der Waals surface area contributed by atoms with E-state index in [0.717, 1.165) is 0 Å². The number of carbonyl (C=O) groups is 1. The third-order valence-corrected chi connectivity index (χ3v) is 4.06. The van der Waals surface area contributed by atoms with Gasteiger partial charge in [-0.25, -0.2) is 9.18 Å². The Labute approximate surface area is 139 Å². The van der Waals surface area contributed by atoms with Crippen molar-refractivity contribution in [1.29, 1.82) is 0 Å². The van der Waals surface area contributed by atoms with Crippen molar-refractivity contribution in [3.63, 3.8) is 0 Å². The van der Waals surface area contributed by atoms with E-state index in [9.17, 15) is 9.18 Å². The van der Waals surface area contributed by atoms with E-state index in [1.807, 2.05) is 4.90 Å². The van der Waals surface area contributed by atoms with Crippen molar-refractivity contribution in [2.75, 3.05) is 49.2 Å². The van der Waals surface area contributed by atoms with Crippen LogP contribution in [0.2, 0.25) is 0 Å². The highest BCUT2D eigenvalue weighted by Gasteiger charge is 2.32. The Morgan fingerprint density at radius 1 is 1.39 bits per heavy atom. The van der Waals surface area contributed by atoms with E-state index < -0.39 is 6.09 Å². The summed E-state index contributed by atoms with van der Waals surface area (Å²) in [4.78, 5) is 15.3. The Bertz CT molecular complexity index is 595. The maximum Gasteiger partial charge on any atom is 0.414 e. The second-order valence-electron chi connectivity index (χ2n) is 5.38. The average molecular weight is 339 g/mol. The summed E-state index contributed by atoms with van der Waals surface area (Å²) in [6, 6.07) is 4.82. The third-order valence-electron chi connectivity index (χ3n) is 3.90. The molecule has 6 nitrogen and oxygen atoms in total. The van der Waals surface area contributed by atoms with Gasteiger partial charge in [0, 0.05) is 13.1 Å². The smallest absolute Gasteiger partial charge is 0.414 e. The minimum Gasteiger partial charge on any atom is -0.442 e. The monoisotopic (exact) mass is 339 g/mol. The van der Waals surface area contributed by atoms with Crippen molar-refractivity contribution in [3.8, 4) is 0 Å². The highest BCUT2D eigenvalue weighted by molar-refractivity contribution is 7.78. The molecule has 2 saturated heterocycles. The van der Waals surface area contributed by atoms with Gasteiger partial charge in [-0.2, -0.15) is 0 Å². The van der Waals surface area contributed by atoms with Crippen molar-refractivity contribution in [3.05, 3.63) is 24.0 Å². The zero-order chi connectivity index (χ0) is 16.2. The van der Waals surface area contributed by atoms with Gasteiger partial charge in [0.05, 0.1) is 43.2 Å². The molecule has 2 heterocycles. The number of benzene rings is 1. The SMILES string of the molecule is O=C1O[C@@H](CNC=S)CN1c1ccc(N2CCOCC2)c(F)c1. The van der Waals surface area contributed by atoms with E-state index in [-0.39, 0.29) is 11.9 Å². The molecule has 2 aliphatic heterocycles. The number of halogens is 1. The number of rotatable bonds is 5. The first kappa shape index (κ1) is 15.9. The van der Waals surface area contributed by atoms with Gasteiger partial charge in [0.1, 0.15) is 11.9 Å². The number of nitrogens with zero attached hydrogens (tertiary/aromatic N) is 2. The number of carbonyl (C=O) groups excluding carboxylic acids is 1. The van der Waals surface area contributed by atoms with Crippen LogP contribution in [0, 0.1) is 5.82 Å². The summed E-state index contributed by atoms with van der Waals surface area (Å²) >= 11 is 4.68. The van der Waals surface area contributed by atoms with Gasteiger partial charge in [-0.05, 0) is 18.2 Å². The molecule has 1 amide bonds. The highest BCUT2D eigenvalue weighted by Crippen LogP contribution is 2.28. The summed E-state index contributed by atoms with van der Waals surface area (Å²) in [5.74, 6) is -0.349. The zero-order valence-corrected chi connectivity index (χ0v) is 13.4. The summed E-state index contributed by atoms with van der Waals surface area (Å²) in [6.07, 6.45) is -0.775. The number of amides is 1. The molecule has 2 fully saturated rings. The summed E-state index contributed by atoms with van der Waals surface area (Å²) in [7, 11) is 0. The Morgan fingerprint density at radius 3 is 2.87 bits per heavy atom. The molecule has 0 unspecified atom stereocenters. The van der Waals surface area contributed by atoms with E-state index >= 15 is 0 Å².